The summed E-state index contributed by atoms with van der Waals surface area (Å²) in [5, 5.41) is 3.07. The lowest BCUT2D eigenvalue weighted by Crippen LogP contribution is -2.66. The highest BCUT2D eigenvalue weighted by atomic mass is 16.6. The van der Waals surface area contributed by atoms with Crippen molar-refractivity contribution in [1.29, 1.82) is 0 Å². The molecule has 0 spiro atoms. The fourth-order valence-corrected chi connectivity index (χ4v) is 6.58. The van der Waals surface area contributed by atoms with Gasteiger partial charge in [-0.05, 0) is 36.8 Å². The number of nitrogens with zero attached hydrogens (tertiary/aromatic N) is 1. The number of amides is 2. The molecule has 0 heterocycles. The largest absolute Gasteiger partial charge is 0.496 e. The number of benzene rings is 3. The van der Waals surface area contributed by atoms with Gasteiger partial charge >= 0.3 is 12.1 Å². The Hall–Kier alpha value is -4.93. The Morgan fingerprint density at radius 1 is 0.696 bits per heavy atom. The Morgan fingerprint density at radius 3 is 1.59 bits per heavy atom. The highest BCUT2D eigenvalue weighted by Gasteiger charge is 2.56. The van der Waals surface area contributed by atoms with E-state index in [9.17, 15) is 14.4 Å². The van der Waals surface area contributed by atoms with Crippen molar-refractivity contribution < 1.29 is 42.8 Å². The molecule has 0 atom stereocenters. The van der Waals surface area contributed by atoms with Crippen LogP contribution < -0.4 is 24.3 Å². The first-order chi connectivity index (χ1) is 22.2. The third-order valence-corrected chi connectivity index (χ3v) is 9.03. The van der Waals surface area contributed by atoms with Gasteiger partial charge in [0.25, 0.3) is 0 Å². The van der Waals surface area contributed by atoms with E-state index in [0.717, 1.165) is 27.8 Å². The van der Waals surface area contributed by atoms with Gasteiger partial charge in [-0.2, -0.15) is 0 Å². The van der Waals surface area contributed by atoms with E-state index in [0.29, 0.717) is 23.0 Å². The van der Waals surface area contributed by atoms with Crippen LogP contribution in [0.5, 0.6) is 23.0 Å². The molecule has 46 heavy (non-hydrogen) atoms. The minimum Gasteiger partial charge on any atom is -0.496 e. The lowest BCUT2D eigenvalue weighted by molar-refractivity contribution is -0.154. The van der Waals surface area contributed by atoms with E-state index in [1.165, 1.54) is 11.9 Å². The van der Waals surface area contributed by atoms with Gasteiger partial charge in [-0.1, -0.05) is 30.3 Å². The Balaban J connectivity index is 1.56. The van der Waals surface area contributed by atoms with Crippen LogP contribution in [0.1, 0.15) is 34.7 Å². The minimum absolute atomic E-state index is 0.0168. The summed E-state index contributed by atoms with van der Waals surface area (Å²) in [6.45, 7) is 1.83. The SMILES string of the molecule is CCOC(=O)C1(NC(=O)C2(N(C)C(=O)OCc3ccccc3)Cc3c(OC)ccc(OC)c3C2)Cc2c(OC)ccc(OC)c2C1. The molecule has 2 aliphatic rings. The van der Waals surface area contributed by atoms with E-state index in [4.69, 9.17) is 28.4 Å². The molecule has 0 fully saturated rings. The number of fused-ring (bicyclic) bond motifs is 2. The normalized spacial score (nSPS) is 15.2. The van der Waals surface area contributed by atoms with Crippen LogP contribution in [0.25, 0.3) is 0 Å². The molecule has 2 amide bonds. The van der Waals surface area contributed by atoms with Crippen molar-refractivity contribution in [3.05, 3.63) is 82.4 Å². The van der Waals surface area contributed by atoms with Crippen LogP contribution in [0.15, 0.2) is 54.6 Å². The molecule has 0 unspecified atom stereocenters. The maximum absolute atomic E-state index is 14.9. The molecule has 5 rings (SSSR count). The van der Waals surface area contributed by atoms with Crippen molar-refractivity contribution in [2.45, 2.75) is 50.3 Å². The van der Waals surface area contributed by atoms with E-state index in [1.54, 1.807) is 59.6 Å². The average molecular weight is 633 g/mol. The predicted octanol–water partition coefficient (Wildman–Crippen LogP) is 4.04. The summed E-state index contributed by atoms with van der Waals surface area (Å²) in [6, 6.07) is 16.4. The molecule has 0 aromatic heterocycles. The molecular formula is C35H40N2O9. The van der Waals surface area contributed by atoms with Crippen LogP contribution in [0.3, 0.4) is 0 Å². The Kier molecular flexibility index (Phi) is 9.32. The van der Waals surface area contributed by atoms with Crippen LogP contribution >= 0.6 is 0 Å². The molecule has 11 nitrogen and oxygen atoms in total. The average Bonchev–Trinajstić information content (AvgIpc) is 3.68. The number of likely N-dealkylation sites (N-methyl/N-ethyl adjacent to an activating group) is 1. The number of hydrogen-bond donors (Lipinski definition) is 1. The van der Waals surface area contributed by atoms with Crippen molar-refractivity contribution in [3.63, 3.8) is 0 Å². The topological polar surface area (TPSA) is 122 Å². The van der Waals surface area contributed by atoms with Gasteiger partial charge in [-0.25, -0.2) is 9.59 Å². The molecular weight excluding hydrogens is 592 g/mol. The number of ether oxygens (including phenoxy) is 6. The zero-order valence-corrected chi connectivity index (χ0v) is 27.1. The predicted molar refractivity (Wildman–Crippen MR) is 169 cm³/mol. The van der Waals surface area contributed by atoms with Crippen molar-refractivity contribution in [2.75, 3.05) is 42.1 Å². The van der Waals surface area contributed by atoms with E-state index in [2.05, 4.69) is 5.32 Å². The molecule has 0 saturated carbocycles. The molecule has 11 heteroatoms. The van der Waals surface area contributed by atoms with Crippen LogP contribution in [0, 0.1) is 0 Å². The van der Waals surface area contributed by atoms with Crippen molar-refractivity contribution >= 4 is 18.0 Å². The van der Waals surface area contributed by atoms with Crippen molar-refractivity contribution in [3.8, 4) is 23.0 Å². The van der Waals surface area contributed by atoms with Gasteiger partial charge in [0.1, 0.15) is 40.7 Å². The molecule has 244 valence electrons. The van der Waals surface area contributed by atoms with Gasteiger partial charge < -0.3 is 33.7 Å². The molecule has 2 aliphatic carbocycles. The maximum Gasteiger partial charge on any atom is 0.410 e. The van der Waals surface area contributed by atoms with Crippen molar-refractivity contribution in [2.24, 2.45) is 0 Å². The molecule has 3 aromatic rings. The van der Waals surface area contributed by atoms with Crippen LogP contribution in [-0.4, -0.2) is 76.0 Å². The van der Waals surface area contributed by atoms with Gasteiger partial charge in [0, 0.05) is 55.0 Å². The summed E-state index contributed by atoms with van der Waals surface area (Å²) >= 11 is 0. The lowest BCUT2D eigenvalue weighted by Gasteiger charge is -2.39. The number of esters is 1. The van der Waals surface area contributed by atoms with Crippen LogP contribution in [0.4, 0.5) is 4.79 Å². The van der Waals surface area contributed by atoms with Crippen LogP contribution in [-0.2, 0) is 51.4 Å². The highest BCUT2D eigenvalue weighted by molar-refractivity contribution is 5.97. The Labute approximate surface area is 268 Å². The van der Waals surface area contributed by atoms with Gasteiger partial charge in [0.15, 0.2) is 0 Å². The zero-order valence-electron chi connectivity index (χ0n) is 27.1. The molecule has 1 N–H and O–H groups in total. The second-order valence-corrected chi connectivity index (χ2v) is 11.4. The third kappa shape index (κ3) is 5.65. The first-order valence-corrected chi connectivity index (χ1v) is 15.1. The van der Waals surface area contributed by atoms with E-state index >= 15 is 0 Å². The summed E-state index contributed by atoms with van der Waals surface area (Å²) in [7, 11) is 7.72. The first-order valence-electron chi connectivity index (χ1n) is 15.1. The lowest BCUT2D eigenvalue weighted by atomic mass is 9.88. The molecule has 0 aliphatic heterocycles. The first kappa shape index (κ1) is 32.5. The quantitative estimate of drug-likeness (QED) is 0.312. The summed E-state index contributed by atoms with van der Waals surface area (Å²) in [5.41, 5.74) is 0.707. The molecule has 0 bridgehead atoms. The number of carbonyl (C=O) groups excluding carboxylic acids is 3. The fraction of sp³-hybridized carbons (Fsp3) is 0.400. The Morgan fingerprint density at radius 2 is 1.15 bits per heavy atom. The second kappa shape index (κ2) is 13.2. The number of nitrogens with one attached hydrogen (secondary N) is 1. The maximum atomic E-state index is 14.9. The van der Waals surface area contributed by atoms with Gasteiger partial charge in [-0.3, -0.25) is 9.69 Å². The minimum atomic E-state index is -1.51. The zero-order chi connectivity index (χ0) is 33.1. The Bertz CT molecular complexity index is 1560. The van der Waals surface area contributed by atoms with E-state index < -0.39 is 29.0 Å². The standard InChI is InChI=1S/C35H40N2O9/c1-7-45-32(39)34(17-23-24(18-34)28(42-4)14-13-27(23)41-3)36-31(38)35(37(2)33(40)46-21-22-11-9-8-10-12-22)19-25-26(20-35)30(44-6)16-15-29(25)43-5/h8-16H,7,17-21H2,1-6H3,(H,36,38). The fourth-order valence-electron chi connectivity index (χ4n) is 6.58. The number of carbonyl (C=O) groups is 3. The summed E-state index contributed by atoms with van der Waals surface area (Å²) in [4.78, 5) is 43.7. The second-order valence-electron chi connectivity index (χ2n) is 11.4. The number of methoxy groups -OCH3 is 4. The summed E-state index contributed by atoms with van der Waals surface area (Å²) < 4.78 is 33.8. The third-order valence-electron chi connectivity index (χ3n) is 9.03. The van der Waals surface area contributed by atoms with Crippen LogP contribution in [0.2, 0.25) is 0 Å². The van der Waals surface area contributed by atoms with Gasteiger partial charge in [0.05, 0.1) is 35.0 Å². The van der Waals surface area contributed by atoms with E-state index in [1.807, 2.05) is 30.3 Å². The molecule has 0 radical (unpaired) electrons. The summed E-state index contributed by atoms with van der Waals surface area (Å²) in [5.74, 6) is 1.09. The van der Waals surface area contributed by atoms with E-state index in [-0.39, 0.29) is 38.9 Å². The number of rotatable bonds is 11. The smallest absolute Gasteiger partial charge is 0.410 e. The number of hydrogen-bond acceptors (Lipinski definition) is 9. The van der Waals surface area contributed by atoms with Crippen molar-refractivity contribution in [1.82, 2.24) is 10.2 Å². The monoisotopic (exact) mass is 632 g/mol. The highest BCUT2D eigenvalue weighted by Crippen LogP contribution is 2.46. The molecule has 3 aromatic carbocycles. The van der Waals surface area contributed by atoms with Gasteiger partial charge in [-0.15, -0.1) is 0 Å². The molecule has 0 saturated heterocycles. The summed E-state index contributed by atoms with van der Waals surface area (Å²) in [6.07, 6.45) is -0.322. The van der Waals surface area contributed by atoms with Gasteiger partial charge in [0.2, 0.25) is 5.91 Å².